The van der Waals surface area contributed by atoms with Crippen LogP contribution in [0.3, 0.4) is 0 Å². The predicted octanol–water partition coefficient (Wildman–Crippen LogP) is 0.337. The summed E-state index contributed by atoms with van der Waals surface area (Å²) in [6.07, 6.45) is 2.31. The summed E-state index contributed by atoms with van der Waals surface area (Å²) in [7, 11) is 1.49. The number of piperidine rings is 1. The number of alkyl halides is 1. The van der Waals surface area contributed by atoms with Gasteiger partial charge in [0, 0.05) is 13.5 Å². The predicted molar refractivity (Wildman–Crippen MR) is 55.6 cm³/mol. The monoisotopic (exact) mass is 242 g/mol. The first kappa shape index (κ1) is 11.1. The Morgan fingerprint density at radius 1 is 1.56 bits per heavy atom. The Balaban J connectivity index is 2.28. The van der Waals surface area contributed by atoms with Crippen LogP contribution in [0.25, 0.3) is 0 Å². The van der Waals surface area contributed by atoms with Crippen LogP contribution >= 0.6 is 11.6 Å². The molecule has 0 bridgehead atoms. The maximum absolute atomic E-state index is 11.9. The molecule has 1 fully saturated rings. The van der Waals surface area contributed by atoms with Crippen molar-refractivity contribution in [2.75, 3.05) is 7.05 Å². The number of carbonyl (C=O) groups excluding carboxylic acids is 2. The number of imide groups is 1. The van der Waals surface area contributed by atoms with Crippen LogP contribution in [-0.4, -0.2) is 38.5 Å². The first-order valence-corrected chi connectivity index (χ1v) is 5.43. The molecule has 6 nitrogen and oxygen atoms in total. The number of nitrogens with zero attached hydrogens (tertiary/aromatic N) is 4. The Hall–Kier alpha value is -1.43. The topological polar surface area (TPSA) is 68.1 Å². The average molecular weight is 243 g/mol. The van der Waals surface area contributed by atoms with Crippen LogP contribution in [-0.2, 0) is 15.5 Å². The van der Waals surface area contributed by atoms with Gasteiger partial charge in [-0.05, 0) is 6.42 Å². The molecule has 0 spiro atoms. The fourth-order valence-electron chi connectivity index (χ4n) is 1.78. The van der Waals surface area contributed by atoms with E-state index in [-0.39, 0.29) is 17.7 Å². The zero-order valence-electron chi connectivity index (χ0n) is 8.76. The van der Waals surface area contributed by atoms with Gasteiger partial charge in [-0.1, -0.05) is 0 Å². The number of aromatic nitrogens is 3. The third-order valence-corrected chi connectivity index (χ3v) is 2.96. The van der Waals surface area contributed by atoms with Gasteiger partial charge in [-0.25, -0.2) is 0 Å². The van der Waals surface area contributed by atoms with Gasteiger partial charge in [0.1, 0.15) is 18.2 Å². The number of rotatable bonds is 2. The summed E-state index contributed by atoms with van der Waals surface area (Å²) >= 11 is 5.69. The fraction of sp³-hybridized carbons (Fsp3) is 0.556. The van der Waals surface area contributed by atoms with Crippen molar-refractivity contribution < 1.29 is 9.59 Å². The lowest BCUT2D eigenvalue weighted by Gasteiger charge is -2.28. The van der Waals surface area contributed by atoms with E-state index in [1.165, 1.54) is 13.4 Å². The van der Waals surface area contributed by atoms with Crippen molar-refractivity contribution in [2.45, 2.75) is 24.8 Å². The Morgan fingerprint density at radius 2 is 2.31 bits per heavy atom. The van der Waals surface area contributed by atoms with Crippen LogP contribution in [0.15, 0.2) is 6.33 Å². The molecule has 1 aliphatic rings. The van der Waals surface area contributed by atoms with Crippen LogP contribution in [0, 0.1) is 0 Å². The molecule has 7 heteroatoms. The number of carbonyl (C=O) groups is 2. The summed E-state index contributed by atoms with van der Waals surface area (Å²) in [5.74, 6) is 0.355. The number of likely N-dealkylation sites (N-methyl/N-ethyl adjacent to an activating group) is 1. The normalized spacial score (nSPS) is 21.6. The summed E-state index contributed by atoms with van der Waals surface area (Å²) < 4.78 is 1.64. The van der Waals surface area contributed by atoms with Crippen LogP contribution in [0.5, 0.6) is 0 Å². The second-order valence-corrected chi connectivity index (χ2v) is 3.90. The van der Waals surface area contributed by atoms with Gasteiger partial charge in [-0.2, -0.15) is 0 Å². The fourth-order valence-corrected chi connectivity index (χ4v) is 1.97. The second kappa shape index (κ2) is 4.21. The van der Waals surface area contributed by atoms with E-state index in [9.17, 15) is 9.59 Å². The van der Waals surface area contributed by atoms with Crippen molar-refractivity contribution in [1.29, 1.82) is 0 Å². The molecule has 1 unspecified atom stereocenters. The molecule has 1 aliphatic heterocycles. The smallest absolute Gasteiger partial charge is 0.252 e. The molecule has 0 saturated carbocycles. The molecule has 1 aromatic heterocycles. The molecule has 1 atom stereocenters. The lowest BCUT2D eigenvalue weighted by Crippen LogP contribution is -2.43. The molecule has 86 valence electrons. The average Bonchev–Trinajstić information content (AvgIpc) is 2.74. The highest BCUT2D eigenvalue weighted by Crippen LogP contribution is 2.23. The zero-order valence-corrected chi connectivity index (χ0v) is 9.52. The van der Waals surface area contributed by atoms with E-state index in [0.29, 0.717) is 18.7 Å². The molecule has 0 aliphatic carbocycles. The van der Waals surface area contributed by atoms with E-state index in [4.69, 9.17) is 11.6 Å². The Labute approximate surface area is 97.2 Å². The van der Waals surface area contributed by atoms with E-state index >= 15 is 0 Å². The quantitative estimate of drug-likeness (QED) is 0.554. The minimum Gasteiger partial charge on any atom is -0.304 e. The molecule has 2 heterocycles. The van der Waals surface area contributed by atoms with Gasteiger partial charge >= 0.3 is 0 Å². The van der Waals surface area contributed by atoms with Crippen molar-refractivity contribution in [3.8, 4) is 0 Å². The Morgan fingerprint density at radius 3 is 3.00 bits per heavy atom. The molecule has 0 aromatic carbocycles. The highest BCUT2D eigenvalue weighted by molar-refractivity contribution is 6.16. The number of amides is 2. The second-order valence-electron chi connectivity index (χ2n) is 3.63. The molecule has 0 N–H and O–H groups in total. The largest absolute Gasteiger partial charge is 0.304 e. The molecule has 1 saturated heterocycles. The highest BCUT2D eigenvalue weighted by Gasteiger charge is 2.33. The standard InChI is InChI=1S/C9H11ClN4O2/c1-13-8(15)3-2-6(9(13)16)14-5-11-12-7(14)4-10/h5-6H,2-4H2,1H3. The highest BCUT2D eigenvalue weighted by atomic mass is 35.5. The molecule has 0 radical (unpaired) electrons. The number of hydrogen-bond acceptors (Lipinski definition) is 4. The lowest BCUT2D eigenvalue weighted by atomic mass is 10.0. The van der Waals surface area contributed by atoms with E-state index in [0.717, 1.165) is 4.90 Å². The van der Waals surface area contributed by atoms with E-state index < -0.39 is 6.04 Å². The molecule has 2 amide bonds. The summed E-state index contributed by atoms with van der Waals surface area (Å²) in [5, 5.41) is 7.53. The SMILES string of the molecule is CN1C(=O)CCC(n2cnnc2CCl)C1=O. The number of halogens is 1. The van der Waals surface area contributed by atoms with E-state index in [2.05, 4.69) is 10.2 Å². The van der Waals surface area contributed by atoms with Gasteiger partial charge in [0.25, 0.3) is 5.91 Å². The molecule has 16 heavy (non-hydrogen) atoms. The van der Waals surface area contributed by atoms with Crippen molar-refractivity contribution in [2.24, 2.45) is 0 Å². The van der Waals surface area contributed by atoms with Crippen LogP contribution in [0.4, 0.5) is 0 Å². The maximum Gasteiger partial charge on any atom is 0.252 e. The summed E-state index contributed by atoms with van der Waals surface area (Å²) in [6, 6.07) is -0.411. The minimum atomic E-state index is -0.411. The maximum atomic E-state index is 11.9. The van der Waals surface area contributed by atoms with E-state index in [1.54, 1.807) is 4.57 Å². The van der Waals surface area contributed by atoms with Crippen LogP contribution in [0.1, 0.15) is 24.7 Å². The molecule has 2 rings (SSSR count). The summed E-state index contributed by atoms with van der Waals surface area (Å²) in [4.78, 5) is 24.3. The Bertz CT molecular complexity index is 431. The van der Waals surface area contributed by atoms with Gasteiger partial charge in [-0.3, -0.25) is 14.5 Å². The minimum absolute atomic E-state index is 0.151. The lowest BCUT2D eigenvalue weighted by molar-refractivity contribution is -0.149. The molecule has 1 aromatic rings. The Kier molecular flexibility index (Phi) is 2.91. The van der Waals surface area contributed by atoms with Crippen molar-refractivity contribution in [3.63, 3.8) is 0 Å². The zero-order chi connectivity index (χ0) is 11.7. The summed E-state index contributed by atoms with van der Waals surface area (Å²) in [6.45, 7) is 0. The number of hydrogen-bond donors (Lipinski definition) is 0. The van der Waals surface area contributed by atoms with E-state index in [1.807, 2.05) is 0 Å². The van der Waals surface area contributed by atoms with Gasteiger partial charge in [0.05, 0.1) is 5.88 Å². The van der Waals surface area contributed by atoms with Gasteiger partial charge < -0.3 is 4.57 Å². The molecular weight excluding hydrogens is 232 g/mol. The molecular formula is C9H11ClN4O2. The first-order valence-electron chi connectivity index (χ1n) is 4.90. The number of likely N-dealkylation sites (tertiary alicyclic amines) is 1. The third-order valence-electron chi connectivity index (χ3n) is 2.72. The van der Waals surface area contributed by atoms with Crippen molar-refractivity contribution in [3.05, 3.63) is 12.2 Å². The van der Waals surface area contributed by atoms with Gasteiger partial charge in [0.15, 0.2) is 0 Å². The van der Waals surface area contributed by atoms with Gasteiger partial charge in [0.2, 0.25) is 5.91 Å². The van der Waals surface area contributed by atoms with Crippen molar-refractivity contribution >= 4 is 23.4 Å². The van der Waals surface area contributed by atoms with Crippen molar-refractivity contribution in [1.82, 2.24) is 19.7 Å². The summed E-state index contributed by atoms with van der Waals surface area (Å²) in [5.41, 5.74) is 0. The van der Waals surface area contributed by atoms with Crippen LogP contribution < -0.4 is 0 Å². The first-order chi connectivity index (χ1) is 7.65. The van der Waals surface area contributed by atoms with Crippen LogP contribution in [0.2, 0.25) is 0 Å². The third kappa shape index (κ3) is 1.69. The van der Waals surface area contributed by atoms with Gasteiger partial charge in [-0.15, -0.1) is 21.8 Å².